The number of benzene rings is 1. The van der Waals surface area contributed by atoms with Crippen LogP contribution < -0.4 is 10.1 Å². The third kappa shape index (κ3) is 2.80. The smallest absolute Gasteiger partial charge is 0.142 e. The second-order valence-electron chi connectivity index (χ2n) is 4.67. The third-order valence-electron chi connectivity index (χ3n) is 3.04. The molecule has 3 rings (SSSR count). The number of fused-ring (bicyclic) bond motifs is 1. The number of halogens is 1. The summed E-state index contributed by atoms with van der Waals surface area (Å²) in [5, 5.41) is 4.89. The summed E-state index contributed by atoms with van der Waals surface area (Å²) in [5.41, 5.74) is 0.865. The summed E-state index contributed by atoms with van der Waals surface area (Å²) in [5.74, 6) is 2.19. The zero-order valence-electron chi connectivity index (χ0n) is 11.9. The summed E-state index contributed by atoms with van der Waals surface area (Å²) < 4.78 is 5.16. The van der Waals surface area contributed by atoms with Gasteiger partial charge in [-0.25, -0.2) is 9.97 Å². The maximum atomic E-state index is 6.15. The Labute approximate surface area is 131 Å². The predicted octanol–water partition coefficient (Wildman–Crippen LogP) is 4.71. The zero-order chi connectivity index (χ0) is 15.0. The van der Waals surface area contributed by atoms with E-state index in [0.717, 1.165) is 27.5 Å². The van der Waals surface area contributed by atoms with E-state index in [2.05, 4.69) is 28.3 Å². The van der Waals surface area contributed by atoms with Crippen molar-refractivity contribution in [1.82, 2.24) is 9.97 Å². The Hall–Kier alpha value is -1.85. The van der Waals surface area contributed by atoms with Crippen molar-refractivity contribution < 1.29 is 4.74 Å². The molecule has 4 nitrogen and oxygen atoms in total. The number of nitrogens with zero attached hydrogens (tertiary/aromatic N) is 2. The highest BCUT2D eigenvalue weighted by atomic mass is 35.5. The van der Waals surface area contributed by atoms with Gasteiger partial charge in [-0.3, -0.25) is 0 Å². The van der Waals surface area contributed by atoms with E-state index in [-0.39, 0.29) is 0 Å². The molecule has 0 unspecified atom stereocenters. The van der Waals surface area contributed by atoms with E-state index in [0.29, 0.717) is 10.8 Å². The number of aromatic nitrogens is 2. The Bertz CT molecular complexity index is 816. The fraction of sp³-hybridized carbons (Fsp3) is 0.200. The molecular formula is C15H14ClN3OS. The van der Waals surface area contributed by atoms with E-state index in [4.69, 9.17) is 16.3 Å². The quantitative estimate of drug-likeness (QED) is 0.759. The van der Waals surface area contributed by atoms with E-state index < -0.39 is 0 Å². The number of aryl methyl sites for hydroxylation is 2. The van der Waals surface area contributed by atoms with Crippen molar-refractivity contribution in [3.63, 3.8) is 0 Å². The molecule has 0 radical (unpaired) electrons. The number of anilines is 2. The van der Waals surface area contributed by atoms with Gasteiger partial charge in [-0.05, 0) is 38.1 Å². The molecule has 0 spiro atoms. The zero-order valence-corrected chi connectivity index (χ0v) is 13.5. The number of thiophene rings is 1. The number of ether oxygens (including phenoxy) is 1. The maximum absolute atomic E-state index is 6.15. The van der Waals surface area contributed by atoms with Gasteiger partial charge in [-0.15, -0.1) is 11.3 Å². The molecule has 2 heterocycles. The lowest BCUT2D eigenvalue weighted by atomic mass is 10.2. The van der Waals surface area contributed by atoms with Crippen molar-refractivity contribution in [1.29, 1.82) is 0 Å². The van der Waals surface area contributed by atoms with E-state index in [1.165, 1.54) is 4.88 Å². The highest BCUT2D eigenvalue weighted by Gasteiger charge is 2.10. The Kier molecular flexibility index (Phi) is 3.69. The van der Waals surface area contributed by atoms with Gasteiger partial charge < -0.3 is 10.1 Å². The van der Waals surface area contributed by atoms with E-state index in [9.17, 15) is 0 Å². The van der Waals surface area contributed by atoms with Crippen LogP contribution in [0.2, 0.25) is 5.02 Å². The van der Waals surface area contributed by atoms with Crippen molar-refractivity contribution in [3.05, 3.63) is 40.0 Å². The molecule has 21 heavy (non-hydrogen) atoms. The Morgan fingerprint density at radius 2 is 2.00 bits per heavy atom. The predicted molar refractivity (Wildman–Crippen MR) is 88.2 cm³/mol. The van der Waals surface area contributed by atoms with Crippen LogP contribution in [0.3, 0.4) is 0 Å². The maximum Gasteiger partial charge on any atom is 0.142 e. The summed E-state index contributed by atoms with van der Waals surface area (Å²) in [4.78, 5) is 11.2. The lowest BCUT2D eigenvalue weighted by Gasteiger charge is -2.09. The number of nitrogens with one attached hydrogen (secondary N) is 1. The second-order valence-corrected chi connectivity index (χ2v) is 6.31. The van der Waals surface area contributed by atoms with Gasteiger partial charge in [0.1, 0.15) is 22.2 Å². The number of hydrogen-bond acceptors (Lipinski definition) is 5. The minimum Gasteiger partial charge on any atom is -0.495 e. The summed E-state index contributed by atoms with van der Waals surface area (Å²) in [6, 6.07) is 7.65. The van der Waals surface area contributed by atoms with Crippen molar-refractivity contribution in [3.8, 4) is 5.75 Å². The SMILES string of the molecule is COc1ccc(Nc2nc(C)nc3sc(C)cc23)cc1Cl. The molecule has 0 aliphatic carbocycles. The van der Waals surface area contributed by atoms with Gasteiger partial charge in [0, 0.05) is 10.6 Å². The molecule has 0 aliphatic rings. The number of methoxy groups -OCH3 is 1. The van der Waals surface area contributed by atoms with Crippen LogP contribution in [0.4, 0.5) is 11.5 Å². The van der Waals surface area contributed by atoms with Gasteiger partial charge in [0.2, 0.25) is 0 Å². The number of rotatable bonds is 3. The second kappa shape index (κ2) is 5.50. The number of hydrogen-bond donors (Lipinski definition) is 1. The highest BCUT2D eigenvalue weighted by Crippen LogP contribution is 2.32. The largest absolute Gasteiger partial charge is 0.495 e. The van der Waals surface area contributed by atoms with Gasteiger partial charge in [-0.1, -0.05) is 11.6 Å². The molecule has 0 fully saturated rings. The first-order chi connectivity index (χ1) is 10.1. The molecule has 3 aromatic rings. The van der Waals surface area contributed by atoms with E-state index in [1.54, 1.807) is 18.4 Å². The van der Waals surface area contributed by atoms with Gasteiger partial charge in [0.05, 0.1) is 17.5 Å². The van der Waals surface area contributed by atoms with Crippen molar-refractivity contribution in [2.75, 3.05) is 12.4 Å². The van der Waals surface area contributed by atoms with Crippen LogP contribution in [-0.4, -0.2) is 17.1 Å². The fourth-order valence-corrected chi connectivity index (χ4v) is 3.31. The normalized spacial score (nSPS) is 10.9. The third-order valence-corrected chi connectivity index (χ3v) is 4.28. The summed E-state index contributed by atoms with van der Waals surface area (Å²) >= 11 is 7.82. The average molecular weight is 320 g/mol. The van der Waals surface area contributed by atoms with Crippen LogP contribution in [0.25, 0.3) is 10.2 Å². The Morgan fingerprint density at radius 1 is 1.19 bits per heavy atom. The van der Waals surface area contributed by atoms with Crippen LogP contribution in [0.15, 0.2) is 24.3 Å². The van der Waals surface area contributed by atoms with Gasteiger partial charge >= 0.3 is 0 Å². The fourth-order valence-electron chi connectivity index (χ4n) is 2.12. The summed E-state index contributed by atoms with van der Waals surface area (Å²) in [7, 11) is 1.60. The van der Waals surface area contributed by atoms with Crippen LogP contribution in [0.5, 0.6) is 5.75 Å². The van der Waals surface area contributed by atoms with Gasteiger partial charge in [-0.2, -0.15) is 0 Å². The molecule has 0 saturated heterocycles. The monoisotopic (exact) mass is 319 g/mol. The molecular weight excluding hydrogens is 306 g/mol. The highest BCUT2D eigenvalue weighted by molar-refractivity contribution is 7.18. The first-order valence-electron chi connectivity index (χ1n) is 6.42. The van der Waals surface area contributed by atoms with Gasteiger partial charge in [0.15, 0.2) is 0 Å². The molecule has 0 amide bonds. The topological polar surface area (TPSA) is 47.0 Å². The minimum absolute atomic E-state index is 0.561. The minimum atomic E-state index is 0.561. The Morgan fingerprint density at radius 3 is 2.71 bits per heavy atom. The van der Waals surface area contributed by atoms with Crippen LogP contribution >= 0.6 is 22.9 Å². The first kappa shape index (κ1) is 14.1. The summed E-state index contributed by atoms with van der Waals surface area (Å²) in [6.07, 6.45) is 0. The molecule has 1 N–H and O–H groups in total. The van der Waals surface area contributed by atoms with Crippen molar-refractivity contribution in [2.45, 2.75) is 13.8 Å². The lowest BCUT2D eigenvalue weighted by Crippen LogP contribution is -1.97. The van der Waals surface area contributed by atoms with Crippen LogP contribution in [0, 0.1) is 13.8 Å². The molecule has 0 bridgehead atoms. The molecule has 108 valence electrons. The van der Waals surface area contributed by atoms with E-state index >= 15 is 0 Å². The molecule has 0 saturated carbocycles. The van der Waals surface area contributed by atoms with Gasteiger partial charge in [0.25, 0.3) is 0 Å². The first-order valence-corrected chi connectivity index (χ1v) is 7.61. The Balaban J connectivity index is 2.03. The van der Waals surface area contributed by atoms with Crippen molar-refractivity contribution >= 4 is 44.7 Å². The summed E-state index contributed by atoms with van der Waals surface area (Å²) in [6.45, 7) is 3.95. The molecule has 2 aromatic heterocycles. The molecule has 6 heteroatoms. The standard InChI is InChI=1S/C15H14ClN3OS/c1-8-6-11-14(17-9(2)18-15(11)21-8)19-10-4-5-13(20-3)12(16)7-10/h4-7H,1-3H3,(H,17,18,19). The average Bonchev–Trinajstić information content (AvgIpc) is 2.79. The van der Waals surface area contributed by atoms with Crippen molar-refractivity contribution in [2.24, 2.45) is 0 Å². The van der Waals surface area contributed by atoms with Crippen LogP contribution in [0.1, 0.15) is 10.7 Å². The molecule has 0 atom stereocenters. The van der Waals surface area contributed by atoms with E-state index in [1.807, 2.05) is 25.1 Å². The lowest BCUT2D eigenvalue weighted by molar-refractivity contribution is 0.415. The molecule has 0 aliphatic heterocycles. The van der Waals surface area contributed by atoms with Crippen LogP contribution in [-0.2, 0) is 0 Å². The molecule has 1 aromatic carbocycles.